The molecule has 1 aromatic carbocycles. The van der Waals surface area contributed by atoms with E-state index in [-0.39, 0.29) is 10.7 Å². The maximum absolute atomic E-state index is 12.0. The number of pyridine rings is 2. The molecular formula is C17H11ClN2O3. The highest BCUT2D eigenvalue weighted by atomic mass is 35.5. The summed E-state index contributed by atoms with van der Waals surface area (Å²) in [6.45, 7) is 0. The van der Waals surface area contributed by atoms with Crippen molar-refractivity contribution in [2.75, 3.05) is 0 Å². The first kappa shape index (κ1) is 15.0. The number of hydrogen-bond acceptors (Lipinski definition) is 5. The summed E-state index contributed by atoms with van der Waals surface area (Å²) in [5, 5.41) is 0.104. The largest absolute Gasteiger partial charge is 0.439 e. The molecule has 0 fully saturated rings. The fourth-order valence-electron chi connectivity index (χ4n) is 1.80. The highest BCUT2D eigenvalue weighted by Gasteiger charge is 2.13. The molecule has 3 rings (SSSR count). The van der Waals surface area contributed by atoms with Crippen molar-refractivity contribution >= 4 is 17.6 Å². The Bertz CT molecular complexity index is 808. The van der Waals surface area contributed by atoms with Crippen LogP contribution in [-0.2, 0) is 0 Å². The minimum Gasteiger partial charge on any atom is -0.439 e. The van der Waals surface area contributed by atoms with Gasteiger partial charge >= 0.3 is 5.97 Å². The molecular weight excluding hydrogens is 316 g/mol. The van der Waals surface area contributed by atoms with E-state index in [4.69, 9.17) is 21.1 Å². The molecule has 3 aromatic rings. The highest BCUT2D eigenvalue weighted by molar-refractivity contribution is 6.32. The molecule has 0 saturated carbocycles. The van der Waals surface area contributed by atoms with Crippen LogP contribution in [-0.4, -0.2) is 15.9 Å². The number of esters is 1. The zero-order valence-electron chi connectivity index (χ0n) is 11.8. The maximum Gasteiger partial charge on any atom is 0.346 e. The Morgan fingerprint density at radius 3 is 2.30 bits per heavy atom. The normalized spacial score (nSPS) is 10.1. The lowest BCUT2D eigenvalue weighted by atomic mass is 10.3. The van der Waals surface area contributed by atoms with Gasteiger partial charge in [-0.15, -0.1) is 0 Å². The van der Waals surface area contributed by atoms with Crippen LogP contribution in [0.15, 0.2) is 67.0 Å². The predicted molar refractivity (Wildman–Crippen MR) is 85.0 cm³/mol. The topological polar surface area (TPSA) is 61.3 Å². The van der Waals surface area contributed by atoms with Crippen LogP contribution in [0.25, 0.3) is 0 Å². The lowest BCUT2D eigenvalue weighted by molar-refractivity contribution is 0.0734. The Hall–Kier alpha value is -2.92. The second-order valence-electron chi connectivity index (χ2n) is 4.47. The molecule has 2 heterocycles. The molecule has 6 heteroatoms. The smallest absolute Gasteiger partial charge is 0.346 e. The van der Waals surface area contributed by atoms with Gasteiger partial charge in [-0.2, -0.15) is 0 Å². The Morgan fingerprint density at radius 1 is 0.870 bits per heavy atom. The van der Waals surface area contributed by atoms with E-state index in [0.717, 1.165) is 0 Å². The Labute approximate surface area is 137 Å². The summed E-state index contributed by atoms with van der Waals surface area (Å²) in [5.74, 6) is 0.882. The van der Waals surface area contributed by atoms with E-state index in [1.54, 1.807) is 54.7 Å². The van der Waals surface area contributed by atoms with E-state index in [2.05, 4.69) is 9.97 Å². The molecule has 0 atom stereocenters. The van der Waals surface area contributed by atoms with Gasteiger partial charge in [-0.1, -0.05) is 17.7 Å². The van der Waals surface area contributed by atoms with Gasteiger partial charge in [0, 0.05) is 18.5 Å². The van der Waals surface area contributed by atoms with Gasteiger partial charge in [-0.25, -0.2) is 14.8 Å². The van der Waals surface area contributed by atoms with Crippen LogP contribution >= 0.6 is 11.6 Å². The quantitative estimate of drug-likeness (QED) is 0.409. The van der Waals surface area contributed by atoms with Crippen molar-refractivity contribution in [3.05, 3.63) is 77.7 Å². The van der Waals surface area contributed by atoms with Crippen LogP contribution in [0.1, 0.15) is 10.4 Å². The van der Waals surface area contributed by atoms with Crippen molar-refractivity contribution in [1.29, 1.82) is 0 Å². The third-order valence-electron chi connectivity index (χ3n) is 2.87. The summed E-state index contributed by atoms with van der Waals surface area (Å²) in [5.41, 5.74) is 0.211. The second-order valence-corrected chi connectivity index (χ2v) is 4.83. The molecule has 0 spiro atoms. The third kappa shape index (κ3) is 3.84. The zero-order valence-corrected chi connectivity index (χ0v) is 12.6. The number of rotatable bonds is 4. The van der Waals surface area contributed by atoms with Crippen LogP contribution in [0.5, 0.6) is 17.4 Å². The van der Waals surface area contributed by atoms with Gasteiger partial charge in [0.1, 0.15) is 16.7 Å². The van der Waals surface area contributed by atoms with E-state index in [0.29, 0.717) is 17.4 Å². The average molecular weight is 327 g/mol. The minimum absolute atomic E-state index is 0.104. The second kappa shape index (κ2) is 6.89. The number of ether oxygens (including phenoxy) is 2. The van der Waals surface area contributed by atoms with Gasteiger partial charge < -0.3 is 9.47 Å². The molecule has 5 nitrogen and oxygen atoms in total. The van der Waals surface area contributed by atoms with Gasteiger partial charge in [0.2, 0.25) is 5.88 Å². The molecule has 0 unspecified atom stereocenters. The molecule has 114 valence electrons. The lowest BCUT2D eigenvalue weighted by Gasteiger charge is -2.07. The van der Waals surface area contributed by atoms with Gasteiger partial charge in [-0.3, -0.25) is 0 Å². The number of nitrogens with zero attached hydrogens (tertiary/aromatic N) is 2. The van der Waals surface area contributed by atoms with Crippen LogP contribution in [0.3, 0.4) is 0 Å². The standard InChI is InChI=1S/C17H11ClN2O3/c18-16-14(4-3-11-20-16)17(21)23-13-8-6-12(7-9-13)22-15-5-1-2-10-19-15/h1-11H. The highest BCUT2D eigenvalue weighted by Crippen LogP contribution is 2.23. The average Bonchev–Trinajstić information content (AvgIpc) is 2.58. The Balaban J connectivity index is 1.68. The van der Waals surface area contributed by atoms with E-state index in [9.17, 15) is 4.79 Å². The number of hydrogen-bond donors (Lipinski definition) is 0. The number of carbonyl (C=O) groups excluding carboxylic acids is 1. The van der Waals surface area contributed by atoms with Crippen molar-refractivity contribution in [2.45, 2.75) is 0 Å². The Morgan fingerprint density at radius 2 is 1.61 bits per heavy atom. The number of aromatic nitrogens is 2. The van der Waals surface area contributed by atoms with Gasteiger partial charge in [-0.05, 0) is 42.5 Å². The van der Waals surface area contributed by atoms with Crippen molar-refractivity contribution < 1.29 is 14.3 Å². The van der Waals surface area contributed by atoms with Crippen molar-refractivity contribution in [2.24, 2.45) is 0 Å². The van der Waals surface area contributed by atoms with E-state index in [1.807, 2.05) is 6.07 Å². The van der Waals surface area contributed by atoms with Crippen LogP contribution < -0.4 is 9.47 Å². The summed E-state index contributed by atoms with van der Waals surface area (Å²) < 4.78 is 10.8. The summed E-state index contributed by atoms with van der Waals surface area (Å²) in [6, 6.07) is 15.2. The number of benzene rings is 1. The van der Waals surface area contributed by atoms with Crippen molar-refractivity contribution in [1.82, 2.24) is 9.97 Å². The van der Waals surface area contributed by atoms with Gasteiger partial charge in [0.25, 0.3) is 0 Å². The molecule has 2 aromatic heterocycles. The van der Waals surface area contributed by atoms with E-state index in [1.165, 1.54) is 6.20 Å². The molecule has 0 N–H and O–H groups in total. The van der Waals surface area contributed by atoms with Crippen LogP contribution in [0.4, 0.5) is 0 Å². The lowest BCUT2D eigenvalue weighted by Crippen LogP contribution is -2.09. The van der Waals surface area contributed by atoms with Crippen molar-refractivity contribution in [3.63, 3.8) is 0 Å². The summed E-state index contributed by atoms with van der Waals surface area (Å²) in [6.07, 6.45) is 3.14. The number of halogens is 1. The first-order valence-electron chi connectivity index (χ1n) is 6.74. The molecule has 0 amide bonds. The fourth-order valence-corrected chi connectivity index (χ4v) is 2.00. The SMILES string of the molecule is O=C(Oc1ccc(Oc2ccccn2)cc1)c1cccnc1Cl. The molecule has 0 saturated heterocycles. The maximum atomic E-state index is 12.0. The third-order valence-corrected chi connectivity index (χ3v) is 3.17. The van der Waals surface area contributed by atoms with Crippen LogP contribution in [0, 0.1) is 0 Å². The molecule has 0 aliphatic heterocycles. The molecule has 0 aliphatic carbocycles. The van der Waals surface area contributed by atoms with E-state index < -0.39 is 5.97 Å². The number of carbonyl (C=O) groups is 1. The van der Waals surface area contributed by atoms with Gasteiger partial charge in [0.15, 0.2) is 0 Å². The zero-order chi connectivity index (χ0) is 16.1. The predicted octanol–water partition coefficient (Wildman–Crippen LogP) is 4.14. The Kier molecular flexibility index (Phi) is 4.49. The first-order chi connectivity index (χ1) is 11.2. The first-order valence-corrected chi connectivity index (χ1v) is 7.12. The summed E-state index contributed by atoms with van der Waals surface area (Å²) in [4.78, 5) is 19.9. The van der Waals surface area contributed by atoms with Gasteiger partial charge in [0.05, 0.1) is 5.56 Å². The van der Waals surface area contributed by atoms with E-state index >= 15 is 0 Å². The molecule has 0 bridgehead atoms. The summed E-state index contributed by atoms with van der Waals surface area (Å²) in [7, 11) is 0. The molecule has 0 radical (unpaired) electrons. The molecule has 23 heavy (non-hydrogen) atoms. The van der Waals surface area contributed by atoms with Crippen LogP contribution in [0.2, 0.25) is 5.15 Å². The van der Waals surface area contributed by atoms with Crippen molar-refractivity contribution in [3.8, 4) is 17.4 Å². The summed E-state index contributed by atoms with van der Waals surface area (Å²) >= 11 is 5.86. The molecule has 0 aliphatic rings. The monoisotopic (exact) mass is 326 g/mol. The minimum atomic E-state index is -0.568. The fraction of sp³-hybridized carbons (Fsp3) is 0.